The number of nitrogens with zero attached hydrogens (tertiary/aromatic N) is 4. The second-order valence-electron chi connectivity index (χ2n) is 5.70. The van der Waals surface area contributed by atoms with E-state index in [1.807, 2.05) is 24.3 Å². The van der Waals surface area contributed by atoms with Gasteiger partial charge >= 0.3 is 0 Å². The third-order valence-corrected chi connectivity index (χ3v) is 4.26. The van der Waals surface area contributed by atoms with Crippen molar-refractivity contribution in [1.29, 1.82) is 0 Å². The fourth-order valence-electron chi connectivity index (χ4n) is 3.05. The maximum absolute atomic E-state index is 12.8. The highest BCUT2D eigenvalue weighted by atomic mass is 16.6. The molecule has 0 bridgehead atoms. The number of non-ortho nitro benzene ring substituents is 1. The number of carbonyl (C=O) groups excluding carboxylic acids is 2. The lowest BCUT2D eigenvalue weighted by Crippen LogP contribution is -2.31. The Labute approximate surface area is 141 Å². The van der Waals surface area contributed by atoms with E-state index in [0.29, 0.717) is 5.69 Å². The SMILES string of the molecule is O=C1C[C@@H](n2cnc3ccccc32)C(=O)N1c1ccc([N+](=O)[O-])cc1. The Morgan fingerprint density at radius 1 is 1.08 bits per heavy atom. The number of hydrogen-bond donors (Lipinski definition) is 0. The van der Waals surface area contributed by atoms with Gasteiger partial charge in [-0.25, -0.2) is 9.88 Å². The number of rotatable bonds is 3. The number of nitro benzene ring substituents is 1. The molecule has 4 rings (SSSR count). The van der Waals surface area contributed by atoms with Crippen LogP contribution in [0.15, 0.2) is 54.9 Å². The number of amides is 2. The Hall–Kier alpha value is -3.55. The summed E-state index contributed by atoms with van der Waals surface area (Å²) in [6.45, 7) is 0. The number of imide groups is 1. The minimum atomic E-state index is -0.671. The van der Waals surface area contributed by atoms with Gasteiger partial charge in [-0.15, -0.1) is 0 Å². The second-order valence-corrected chi connectivity index (χ2v) is 5.70. The Balaban J connectivity index is 1.69. The number of hydrogen-bond acceptors (Lipinski definition) is 5. The first-order valence-corrected chi connectivity index (χ1v) is 7.59. The fourth-order valence-corrected chi connectivity index (χ4v) is 3.05. The van der Waals surface area contributed by atoms with Crippen molar-refractivity contribution >= 4 is 34.2 Å². The van der Waals surface area contributed by atoms with Gasteiger partial charge in [-0.05, 0) is 24.3 Å². The summed E-state index contributed by atoms with van der Waals surface area (Å²) < 4.78 is 1.70. The number of fused-ring (bicyclic) bond motifs is 1. The summed E-state index contributed by atoms with van der Waals surface area (Å²) in [7, 11) is 0. The van der Waals surface area contributed by atoms with Gasteiger partial charge < -0.3 is 4.57 Å². The molecule has 1 aliphatic rings. The molecule has 25 heavy (non-hydrogen) atoms. The Kier molecular flexibility index (Phi) is 3.31. The van der Waals surface area contributed by atoms with Crippen LogP contribution in [0.4, 0.5) is 11.4 Å². The molecule has 8 nitrogen and oxygen atoms in total. The molecule has 124 valence electrons. The Morgan fingerprint density at radius 3 is 2.52 bits per heavy atom. The van der Waals surface area contributed by atoms with Crippen LogP contribution >= 0.6 is 0 Å². The lowest BCUT2D eigenvalue weighted by Gasteiger charge is -2.15. The van der Waals surface area contributed by atoms with Crippen molar-refractivity contribution in [2.24, 2.45) is 0 Å². The predicted molar refractivity (Wildman–Crippen MR) is 89.0 cm³/mol. The van der Waals surface area contributed by atoms with Gasteiger partial charge in [0.1, 0.15) is 6.04 Å². The summed E-state index contributed by atoms with van der Waals surface area (Å²) >= 11 is 0. The van der Waals surface area contributed by atoms with Gasteiger partial charge in [0.2, 0.25) is 5.91 Å². The first-order valence-electron chi connectivity index (χ1n) is 7.59. The van der Waals surface area contributed by atoms with Crippen LogP contribution in [-0.4, -0.2) is 26.3 Å². The standard InChI is InChI=1S/C17H12N4O4/c22-16-9-15(19-10-18-13-3-1-2-4-14(13)19)17(23)20(16)11-5-7-12(8-6-11)21(24)25/h1-8,10,15H,9H2/t15-/m1/s1. The molecule has 3 aromatic rings. The molecule has 1 saturated heterocycles. The van der Waals surface area contributed by atoms with E-state index in [9.17, 15) is 19.7 Å². The lowest BCUT2D eigenvalue weighted by atomic mass is 10.2. The number of aromatic nitrogens is 2. The first-order chi connectivity index (χ1) is 12.1. The van der Waals surface area contributed by atoms with Crippen molar-refractivity contribution in [3.8, 4) is 0 Å². The van der Waals surface area contributed by atoms with E-state index in [2.05, 4.69) is 4.98 Å². The van der Waals surface area contributed by atoms with E-state index in [4.69, 9.17) is 0 Å². The van der Waals surface area contributed by atoms with E-state index in [1.54, 1.807) is 10.9 Å². The number of para-hydroxylation sites is 2. The smallest absolute Gasteiger partial charge is 0.269 e. The molecular weight excluding hydrogens is 324 g/mol. The average molecular weight is 336 g/mol. The van der Waals surface area contributed by atoms with Crippen LogP contribution in [0.25, 0.3) is 11.0 Å². The minimum absolute atomic E-state index is 0.0240. The monoisotopic (exact) mass is 336 g/mol. The van der Waals surface area contributed by atoms with E-state index in [-0.39, 0.29) is 23.9 Å². The molecule has 1 fully saturated rings. The number of imidazole rings is 1. The summed E-state index contributed by atoms with van der Waals surface area (Å²) in [5, 5.41) is 10.7. The molecule has 2 aromatic carbocycles. The molecule has 2 amide bonds. The molecule has 2 heterocycles. The highest BCUT2D eigenvalue weighted by Crippen LogP contribution is 2.32. The molecule has 0 radical (unpaired) electrons. The molecule has 0 unspecified atom stereocenters. The molecule has 1 atom stereocenters. The van der Waals surface area contributed by atoms with Crippen LogP contribution in [0.2, 0.25) is 0 Å². The van der Waals surface area contributed by atoms with E-state index in [1.165, 1.54) is 24.3 Å². The maximum Gasteiger partial charge on any atom is 0.269 e. The number of carbonyl (C=O) groups is 2. The molecule has 0 spiro atoms. The summed E-state index contributed by atoms with van der Waals surface area (Å²) in [5.74, 6) is -0.719. The first kappa shape index (κ1) is 15.0. The van der Waals surface area contributed by atoms with Crippen molar-refractivity contribution < 1.29 is 14.5 Å². The van der Waals surface area contributed by atoms with Gasteiger partial charge in [0.25, 0.3) is 11.6 Å². The Bertz CT molecular complexity index is 1010. The molecule has 1 aliphatic heterocycles. The van der Waals surface area contributed by atoms with E-state index < -0.39 is 11.0 Å². The van der Waals surface area contributed by atoms with Crippen molar-refractivity contribution in [3.05, 3.63) is 65.0 Å². The highest BCUT2D eigenvalue weighted by molar-refractivity contribution is 6.21. The molecule has 8 heteroatoms. The largest absolute Gasteiger partial charge is 0.317 e. The number of benzene rings is 2. The summed E-state index contributed by atoms with van der Waals surface area (Å²) in [5.41, 5.74) is 1.75. The van der Waals surface area contributed by atoms with Gasteiger partial charge in [-0.3, -0.25) is 19.7 Å². The van der Waals surface area contributed by atoms with E-state index in [0.717, 1.165) is 15.9 Å². The Morgan fingerprint density at radius 2 is 1.80 bits per heavy atom. The van der Waals surface area contributed by atoms with Gasteiger partial charge in [-0.2, -0.15) is 0 Å². The molecule has 0 saturated carbocycles. The van der Waals surface area contributed by atoms with Gasteiger partial charge in [0, 0.05) is 12.1 Å². The third-order valence-electron chi connectivity index (χ3n) is 4.26. The van der Waals surface area contributed by atoms with Crippen LogP contribution in [0, 0.1) is 10.1 Å². The lowest BCUT2D eigenvalue weighted by molar-refractivity contribution is -0.384. The van der Waals surface area contributed by atoms with Gasteiger partial charge in [-0.1, -0.05) is 12.1 Å². The van der Waals surface area contributed by atoms with Crippen molar-refractivity contribution in [2.45, 2.75) is 12.5 Å². The van der Waals surface area contributed by atoms with Crippen LogP contribution in [0.1, 0.15) is 12.5 Å². The topological polar surface area (TPSA) is 98.3 Å². The molecule has 0 aliphatic carbocycles. The minimum Gasteiger partial charge on any atom is -0.317 e. The summed E-state index contributed by atoms with van der Waals surface area (Å²) in [6.07, 6.45) is 1.58. The zero-order valence-electron chi connectivity index (χ0n) is 12.9. The predicted octanol–water partition coefficient (Wildman–Crippen LogP) is 2.45. The summed E-state index contributed by atoms with van der Waals surface area (Å²) in [4.78, 5) is 40.7. The molecular formula is C17H12N4O4. The van der Waals surface area contributed by atoms with Crippen molar-refractivity contribution in [2.75, 3.05) is 4.90 Å². The molecule has 0 N–H and O–H groups in total. The van der Waals surface area contributed by atoms with E-state index >= 15 is 0 Å². The van der Waals surface area contributed by atoms with Crippen LogP contribution in [0.5, 0.6) is 0 Å². The van der Waals surface area contributed by atoms with Crippen molar-refractivity contribution in [3.63, 3.8) is 0 Å². The number of anilines is 1. The van der Waals surface area contributed by atoms with Gasteiger partial charge in [0.15, 0.2) is 0 Å². The zero-order chi connectivity index (χ0) is 17.6. The zero-order valence-corrected chi connectivity index (χ0v) is 12.9. The third kappa shape index (κ3) is 2.35. The normalized spacial score (nSPS) is 17.4. The fraction of sp³-hybridized carbons (Fsp3) is 0.118. The van der Waals surface area contributed by atoms with Gasteiger partial charge in [0.05, 0.1) is 34.4 Å². The quantitative estimate of drug-likeness (QED) is 0.415. The second kappa shape index (κ2) is 5.52. The van der Waals surface area contributed by atoms with Crippen LogP contribution in [-0.2, 0) is 9.59 Å². The number of nitro groups is 1. The van der Waals surface area contributed by atoms with Crippen molar-refractivity contribution in [1.82, 2.24) is 9.55 Å². The van der Waals surface area contributed by atoms with Crippen LogP contribution in [0.3, 0.4) is 0 Å². The molecule has 1 aromatic heterocycles. The maximum atomic E-state index is 12.8. The average Bonchev–Trinajstić information content (AvgIpc) is 3.16. The highest BCUT2D eigenvalue weighted by Gasteiger charge is 2.41. The summed E-state index contributed by atoms with van der Waals surface area (Å²) in [6, 6.07) is 12.1. The van der Waals surface area contributed by atoms with Crippen LogP contribution < -0.4 is 4.90 Å².